The largest absolute Gasteiger partial charge is 0.243 e. The topological polar surface area (TPSA) is 36.7 Å². The number of fused-ring (bicyclic) bond motifs is 1. The van der Waals surface area contributed by atoms with Gasteiger partial charge in [0.15, 0.2) is 0 Å². The molecule has 0 bridgehead atoms. The molecular weight excluding hydrogens is 256 g/mol. The molecule has 19 heavy (non-hydrogen) atoms. The molecule has 0 radical (unpaired) electrons. The van der Waals surface area contributed by atoms with Crippen LogP contribution in [0.5, 0.6) is 0 Å². The zero-order valence-corrected chi connectivity index (χ0v) is 10.7. The summed E-state index contributed by atoms with van der Waals surface area (Å²) in [5, 5.41) is 11.6. The molecule has 0 aliphatic rings. The molecule has 0 atom stereocenters. The van der Waals surface area contributed by atoms with E-state index in [0.717, 1.165) is 21.9 Å². The van der Waals surface area contributed by atoms with E-state index < -0.39 is 0 Å². The first-order valence-corrected chi connectivity index (χ1v) is 6.21. The summed E-state index contributed by atoms with van der Waals surface area (Å²) in [6.45, 7) is 0. The molecule has 0 aliphatic carbocycles. The summed E-state index contributed by atoms with van der Waals surface area (Å²) in [5.41, 5.74) is 2.35. The predicted octanol–water partition coefficient (Wildman–Crippen LogP) is 4.43. The third-order valence-electron chi connectivity index (χ3n) is 3.06. The number of hydrogen-bond acceptors (Lipinski definition) is 2. The number of aromatic nitrogens is 1. The third kappa shape index (κ3) is 2.05. The van der Waals surface area contributed by atoms with Crippen LogP contribution in [0.2, 0.25) is 5.15 Å². The van der Waals surface area contributed by atoms with Gasteiger partial charge in [-0.25, -0.2) is 4.98 Å². The lowest BCUT2D eigenvalue weighted by Crippen LogP contribution is -1.87. The molecule has 1 aromatic heterocycles. The van der Waals surface area contributed by atoms with Gasteiger partial charge in [0.1, 0.15) is 11.2 Å². The molecule has 1 heterocycles. The van der Waals surface area contributed by atoms with Gasteiger partial charge in [0, 0.05) is 11.8 Å². The number of hydrogen-bond donors (Lipinski definition) is 0. The van der Waals surface area contributed by atoms with Gasteiger partial charge >= 0.3 is 0 Å². The Kier molecular flexibility index (Phi) is 2.91. The molecule has 0 spiro atoms. The van der Waals surface area contributed by atoms with Gasteiger partial charge in [-0.15, -0.1) is 0 Å². The van der Waals surface area contributed by atoms with Crippen LogP contribution in [0.3, 0.4) is 0 Å². The van der Waals surface area contributed by atoms with E-state index in [1.165, 1.54) is 0 Å². The number of benzene rings is 2. The van der Waals surface area contributed by atoms with E-state index in [1.54, 1.807) is 12.3 Å². The second kappa shape index (κ2) is 4.72. The summed E-state index contributed by atoms with van der Waals surface area (Å²) < 4.78 is 0. The fraction of sp³-hybridized carbons (Fsp3) is 0. The first-order valence-electron chi connectivity index (χ1n) is 5.83. The smallest absolute Gasteiger partial charge is 0.146 e. The fourth-order valence-electron chi connectivity index (χ4n) is 2.15. The van der Waals surface area contributed by atoms with Crippen molar-refractivity contribution in [1.29, 1.82) is 5.26 Å². The summed E-state index contributed by atoms with van der Waals surface area (Å²) in [5.74, 6) is 0. The van der Waals surface area contributed by atoms with Crippen molar-refractivity contribution >= 4 is 22.4 Å². The molecule has 3 heteroatoms. The van der Waals surface area contributed by atoms with Crippen LogP contribution < -0.4 is 0 Å². The maximum Gasteiger partial charge on any atom is 0.146 e. The van der Waals surface area contributed by atoms with E-state index in [9.17, 15) is 0 Å². The Balaban J connectivity index is 2.28. The van der Waals surface area contributed by atoms with Crippen molar-refractivity contribution in [3.8, 4) is 17.2 Å². The van der Waals surface area contributed by atoms with Gasteiger partial charge in [-0.3, -0.25) is 0 Å². The maximum absolute atomic E-state index is 9.03. The lowest BCUT2D eigenvalue weighted by atomic mass is 9.99. The van der Waals surface area contributed by atoms with Crippen molar-refractivity contribution in [2.24, 2.45) is 0 Å². The van der Waals surface area contributed by atoms with Gasteiger partial charge < -0.3 is 0 Å². The second-order valence-corrected chi connectivity index (χ2v) is 4.56. The van der Waals surface area contributed by atoms with Crippen LogP contribution in [0.25, 0.3) is 21.9 Å². The lowest BCUT2D eigenvalue weighted by molar-refractivity contribution is 1.30. The van der Waals surface area contributed by atoms with Crippen molar-refractivity contribution in [2.75, 3.05) is 0 Å². The summed E-state index contributed by atoms with van der Waals surface area (Å²) >= 11 is 5.87. The fourth-order valence-corrected chi connectivity index (χ4v) is 2.30. The Hall–Kier alpha value is -2.37. The highest BCUT2D eigenvalue weighted by Gasteiger charge is 2.07. The van der Waals surface area contributed by atoms with Crippen LogP contribution in [0, 0.1) is 11.3 Å². The van der Waals surface area contributed by atoms with E-state index in [0.29, 0.717) is 5.56 Å². The molecule has 2 nitrogen and oxygen atoms in total. The molecule has 0 N–H and O–H groups in total. The zero-order valence-electron chi connectivity index (χ0n) is 9.97. The number of halogens is 1. The Morgan fingerprint density at radius 1 is 1.05 bits per heavy atom. The molecule has 0 amide bonds. The summed E-state index contributed by atoms with van der Waals surface area (Å²) in [7, 11) is 0. The number of rotatable bonds is 1. The Bertz CT molecular complexity index is 798. The maximum atomic E-state index is 9.03. The Morgan fingerprint density at radius 2 is 1.84 bits per heavy atom. The molecule has 3 aromatic rings. The highest BCUT2D eigenvalue weighted by Crippen LogP contribution is 2.29. The first kappa shape index (κ1) is 11.7. The minimum Gasteiger partial charge on any atom is -0.243 e. The van der Waals surface area contributed by atoms with Crippen LogP contribution in [0.1, 0.15) is 5.56 Å². The van der Waals surface area contributed by atoms with E-state index in [4.69, 9.17) is 16.9 Å². The van der Waals surface area contributed by atoms with Crippen molar-refractivity contribution < 1.29 is 0 Å². The molecular formula is C16H9ClN2. The summed E-state index contributed by atoms with van der Waals surface area (Å²) in [4.78, 5) is 4.08. The van der Waals surface area contributed by atoms with E-state index in [1.807, 2.05) is 24.3 Å². The number of nitriles is 1. The minimum absolute atomic E-state index is 0.242. The van der Waals surface area contributed by atoms with Gasteiger partial charge in [-0.05, 0) is 22.4 Å². The monoisotopic (exact) mass is 264 g/mol. The number of pyridine rings is 1. The lowest BCUT2D eigenvalue weighted by Gasteiger charge is -2.07. The van der Waals surface area contributed by atoms with E-state index >= 15 is 0 Å². The summed E-state index contributed by atoms with van der Waals surface area (Å²) in [6, 6.07) is 18.0. The molecule has 3 rings (SSSR count). The average Bonchev–Trinajstić information content (AvgIpc) is 2.47. The predicted molar refractivity (Wildman–Crippen MR) is 76.9 cm³/mol. The van der Waals surface area contributed by atoms with Crippen molar-refractivity contribution in [3.63, 3.8) is 0 Å². The van der Waals surface area contributed by atoms with Crippen LogP contribution in [0.4, 0.5) is 0 Å². The molecule has 90 valence electrons. The van der Waals surface area contributed by atoms with Crippen LogP contribution >= 0.6 is 11.6 Å². The van der Waals surface area contributed by atoms with Crippen LogP contribution in [-0.4, -0.2) is 4.98 Å². The highest BCUT2D eigenvalue weighted by molar-refractivity contribution is 6.30. The van der Waals surface area contributed by atoms with E-state index in [-0.39, 0.29) is 5.15 Å². The van der Waals surface area contributed by atoms with Crippen molar-refractivity contribution in [3.05, 3.63) is 65.4 Å². The standard InChI is InChI=1S/C16H9ClN2/c17-16-12(9-18)8-13(10-19-16)15-7-3-5-11-4-1-2-6-14(11)15/h1-8,10H. The summed E-state index contributed by atoms with van der Waals surface area (Å²) in [6.07, 6.45) is 1.70. The number of nitrogens with zero attached hydrogens (tertiary/aromatic N) is 2. The zero-order chi connectivity index (χ0) is 13.2. The van der Waals surface area contributed by atoms with Crippen molar-refractivity contribution in [1.82, 2.24) is 4.98 Å². The van der Waals surface area contributed by atoms with Crippen LogP contribution in [-0.2, 0) is 0 Å². The molecule has 0 aliphatic heterocycles. The average molecular weight is 265 g/mol. The van der Waals surface area contributed by atoms with Gasteiger partial charge in [0.25, 0.3) is 0 Å². The molecule has 0 fully saturated rings. The third-order valence-corrected chi connectivity index (χ3v) is 3.36. The minimum atomic E-state index is 0.242. The van der Waals surface area contributed by atoms with Crippen LogP contribution in [0.15, 0.2) is 54.7 Å². The Labute approximate surface area is 115 Å². The highest BCUT2D eigenvalue weighted by atomic mass is 35.5. The SMILES string of the molecule is N#Cc1cc(-c2cccc3ccccc23)cnc1Cl. The van der Waals surface area contributed by atoms with Crippen molar-refractivity contribution in [2.45, 2.75) is 0 Å². The molecule has 2 aromatic carbocycles. The first-order chi connectivity index (χ1) is 9.29. The molecule has 0 unspecified atom stereocenters. The second-order valence-electron chi connectivity index (χ2n) is 4.20. The van der Waals surface area contributed by atoms with Gasteiger partial charge in [0.05, 0.1) is 5.56 Å². The Morgan fingerprint density at radius 3 is 2.68 bits per heavy atom. The van der Waals surface area contributed by atoms with Gasteiger partial charge in [-0.1, -0.05) is 54.1 Å². The molecule has 0 saturated carbocycles. The van der Waals surface area contributed by atoms with Gasteiger partial charge in [-0.2, -0.15) is 5.26 Å². The normalized spacial score (nSPS) is 10.3. The molecule has 0 saturated heterocycles. The quantitative estimate of drug-likeness (QED) is 0.610. The van der Waals surface area contributed by atoms with E-state index in [2.05, 4.69) is 29.3 Å². The van der Waals surface area contributed by atoms with Gasteiger partial charge in [0.2, 0.25) is 0 Å².